The van der Waals surface area contributed by atoms with Crippen LogP contribution in [0.5, 0.6) is 11.5 Å². The first-order chi connectivity index (χ1) is 11.2. The Hall–Kier alpha value is -1.79. The van der Waals surface area contributed by atoms with Gasteiger partial charge in [0.15, 0.2) is 11.5 Å². The van der Waals surface area contributed by atoms with Crippen LogP contribution in [0.2, 0.25) is 0 Å². The maximum absolute atomic E-state index is 12.5. The first kappa shape index (κ1) is 16.1. The van der Waals surface area contributed by atoms with Gasteiger partial charge in [-0.05, 0) is 37.1 Å². The maximum Gasteiger partial charge on any atom is 0.229 e. The fraction of sp³-hybridized carbons (Fsp3) is 0.588. The molecule has 0 aliphatic carbocycles. The minimum Gasteiger partial charge on any atom is -0.486 e. The molecule has 23 heavy (non-hydrogen) atoms. The fourth-order valence-corrected chi connectivity index (χ4v) is 3.15. The molecule has 6 nitrogen and oxygen atoms in total. The van der Waals surface area contributed by atoms with Crippen molar-refractivity contribution in [3.8, 4) is 11.5 Å². The predicted octanol–water partition coefficient (Wildman–Crippen LogP) is 0.743. The van der Waals surface area contributed by atoms with Crippen molar-refractivity contribution in [2.75, 3.05) is 46.6 Å². The molecule has 1 unspecified atom stereocenters. The number of nitrogens with one attached hydrogen (secondary N) is 2. The summed E-state index contributed by atoms with van der Waals surface area (Å²) in [6.45, 7) is 3.77. The van der Waals surface area contributed by atoms with Crippen molar-refractivity contribution in [1.82, 2.24) is 10.6 Å². The Morgan fingerprint density at radius 2 is 2.17 bits per heavy atom. The van der Waals surface area contributed by atoms with Crippen molar-refractivity contribution in [3.63, 3.8) is 0 Å². The van der Waals surface area contributed by atoms with E-state index < -0.39 is 5.41 Å². The van der Waals surface area contributed by atoms with Gasteiger partial charge in [0.05, 0.1) is 12.0 Å². The summed E-state index contributed by atoms with van der Waals surface area (Å²) in [7, 11) is 1.64. The van der Waals surface area contributed by atoms with Crippen LogP contribution in [0.25, 0.3) is 0 Å². The lowest BCUT2D eigenvalue weighted by atomic mass is 9.87. The highest BCUT2D eigenvalue weighted by Gasteiger charge is 2.41. The predicted molar refractivity (Wildman–Crippen MR) is 85.9 cm³/mol. The molecule has 0 radical (unpaired) electrons. The minimum atomic E-state index is -0.429. The molecule has 0 bridgehead atoms. The van der Waals surface area contributed by atoms with Gasteiger partial charge in [0.2, 0.25) is 5.91 Å². The molecule has 2 aliphatic heterocycles. The average molecular weight is 320 g/mol. The number of hydrogen-bond acceptors (Lipinski definition) is 5. The number of ether oxygens (including phenoxy) is 3. The van der Waals surface area contributed by atoms with Crippen LogP contribution in [0.15, 0.2) is 18.2 Å². The molecule has 0 spiro atoms. The van der Waals surface area contributed by atoms with E-state index in [-0.39, 0.29) is 5.91 Å². The molecule has 2 aliphatic rings. The minimum absolute atomic E-state index is 0.0712. The Bertz CT molecular complexity index is 556. The second kappa shape index (κ2) is 7.19. The lowest BCUT2D eigenvalue weighted by molar-refractivity contribution is -0.132. The van der Waals surface area contributed by atoms with E-state index in [4.69, 9.17) is 14.2 Å². The van der Waals surface area contributed by atoms with E-state index in [1.807, 2.05) is 18.2 Å². The average Bonchev–Trinajstić information content (AvgIpc) is 3.05. The van der Waals surface area contributed by atoms with Gasteiger partial charge in [-0.15, -0.1) is 0 Å². The summed E-state index contributed by atoms with van der Waals surface area (Å²) in [4.78, 5) is 12.5. The maximum atomic E-state index is 12.5. The Labute approximate surface area is 136 Å². The summed E-state index contributed by atoms with van der Waals surface area (Å²) in [6.07, 6.45) is 1.58. The number of fused-ring (bicyclic) bond motifs is 1. The molecule has 1 aromatic carbocycles. The van der Waals surface area contributed by atoms with Gasteiger partial charge in [-0.3, -0.25) is 4.79 Å². The van der Waals surface area contributed by atoms with Gasteiger partial charge in [0.25, 0.3) is 0 Å². The largest absolute Gasteiger partial charge is 0.486 e. The summed E-state index contributed by atoms with van der Waals surface area (Å²) in [6, 6.07) is 5.93. The van der Waals surface area contributed by atoms with Crippen molar-refractivity contribution in [3.05, 3.63) is 23.8 Å². The molecule has 0 aromatic heterocycles. The van der Waals surface area contributed by atoms with Gasteiger partial charge in [-0.2, -0.15) is 0 Å². The van der Waals surface area contributed by atoms with Gasteiger partial charge in [-0.1, -0.05) is 6.07 Å². The second-order valence-electron chi connectivity index (χ2n) is 6.12. The van der Waals surface area contributed by atoms with Crippen molar-refractivity contribution >= 4 is 5.91 Å². The van der Waals surface area contributed by atoms with E-state index in [1.165, 1.54) is 0 Å². The molecule has 1 fully saturated rings. The summed E-state index contributed by atoms with van der Waals surface area (Å²) in [5.74, 6) is 1.65. The number of hydrogen-bond donors (Lipinski definition) is 2. The van der Waals surface area contributed by atoms with Crippen molar-refractivity contribution in [2.45, 2.75) is 12.8 Å². The Kier molecular flexibility index (Phi) is 5.03. The number of carbonyl (C=O) groups is 1. The highest BCUT2D eigenvalue weighted by Crippen LogP contribution is 2.31. The molecule has 6 heteroatoms. The fourth-order valence-electron chi connectivity index (χ4n) is 3.15. The van der Waals surface area contributed by atoms with Crippen LogP contribution in [0.4, 0.5) is 0 Å². The third-order valence-electron chi connectivity index (χ3n) is 4.45. The number of methoxy groups -OCH3 is 1. The normalized spacial score (nSPS) is 22.8. The lowest BCUT2D eigenvalue weighted by Crippen LogP contribution is -2.46. The molecule has 1 aromatic rings. The Balaban J connectivity index is 1.53. The van der Waals surface area contributed by atoms with Crippen LogP contribution in [0.1, 0.15) is 12.0 Å². The summed E-state index contributed by atoms with van der Waals surface area (Å²) >= 11 is 0. The molecule has 0 saturated carbocycles. The second-order valence-corrected chi connectivity index (χ2v) is 6.12. The van der Waals surface area contributed by atoms with Crippen LogP contribution in [0, 0.1) is 5.41 Å². The number of rotatable bonds is 6. The highest BCUT2D eigenvalue weighted by molar-refractivity contribution is 5.83. The van der Waals surface area contributed by atoms with E-state index in [0.717, 1.165) is 36.4 Å². The number of carbonyl (C=O) groups excluding carboxylic acids is 1. The van der Waals surface area contributed by atoms with Gasteiger partial charge in [-0.25, -0.2) is 0 Å². The Morgan fingerprint density at radius 1 is 1.35 bits per heavy atom. The number of benzene rings is 1. The molecule has 2 N–H and O–H groups in total. The van der Waals surface area contributed by atoms with Crippen LogP contribution in [0.3, 0.4) is 0 Å². The molecule has 3 rings (SSSR count). The standard InChI is InChI=1S/C17H24N2O4/c1-21-12-17(5-7-18-11-17)16(20)19-6-4-13-2-3-14-15(10-13)23-9-8-22-14/h2-3,10,18H,4-9,11-12H2,1H3,(H,19,20). The van der Waals surface area contributed by atoms with Gasteiger partial charge < -0.3 is 24.8 Å². The van der Waals surface area contributed by atoms with Crippen molar-refractivity contribution < 1.29 is 19.0 Å². The van der Waals surface area contributed by atoms with Gasteiger partial charge >= 0.3 is 0 Å². The lowest BCUT2D eigenvalue weighted by Gasteiger charge is -2.26. The van der Waals surface area contributed by atoms with Crippen molar-refractivity contribution in [1.29, 1.82) is 0 Å². The molecular formula is C17H24N2O4. The summed E-state index contributed by atoms with van der Waals surface area (Å²) < 4.78 is 16.3. The third-order valence-corrected chi connectivity index (χ3v) is 4.45. The van der Waals surface area contributed by atoms with Crippen LogP contribution >= 0.6 is 0 Å². The Morgan fingerprint density at radius 3 is 2.91 bits per heavy atom. The van der Waals surface area contributed by atoms with Crippen LogP contribution in [-0.4, -0.2) is 52.5 Å². The van der Waals surface area contributed by atoms with Crippen molar-refractivity contribution in [2.24, 2.45) is 5.41 Å². The van der Waals surface area contributed by atoms with E-state index in [2.05, 4.69) is 10.6 Å². The molecule has 1 atom stereocenters. The highest BCUT2D eigenvalue weighted by atomic mass is 16.6. The summed E-state index contributed by atoms with van der Waals surface area (Å²) in [5.41, 5.74) is 0.696. The molecule has 1 amide bonds. The molecule has 126 valence electrons. The summed E-state index contributed by atoms with van der Waals surface area (Å²) in [5, 5.41) is 6.30. The monoisotopic (exact) mass is 320 g/mol. The third kappa shape index (κ3) is 3.59. The first-order valence-corrected chi connectivity index (χ1v) is 8.10. The zero-order chi connectivity index (χ0) is 16.1. The van der Waals surface area contributed by atoms with Crippen LogP contribution < -0.4 is 20.1 Å². The topological polar surface area (TPSA) is 68.8 Å². The molecule has 2 heterocycles. The van der Waals surface area contributed by atoms with E-state index >= 15 is 0 Å². The van der Waals surface area contributed by atoms with Crippen LogP contribution in [-0.2, 0) is 16.0 Å². The first-order valence-electron chi connectivity index (χ1n) is 8.10. The van der Waals surface area contributed by atoms with E-state index in [9.17, 15) is 4.79 Å². The zero-order valence-electron chi connectivity index (χ0n) is 13.5. The number of amides is 1. The van der Waals surface area contributed by atoms with Gasteiger partial charge in [0.1, 0.15) is 13.2 Å². The SMILES string of the molecule is COCC1(C(=O)NCCc2ccc3c(c2)OCCO3)CCNC1. The quantitative estimate of drug-likeness (QED) is 0.809. The zero-order valence-corrected chi connectivity index (χ0v) is 13.5. The van der Waals surface area contributed by atoms with E-state index in [1.54, 1.807) is 7.11 Å². The van der Waals surface area contributed by atoms with Gasteiger partial charge in [0, 0.05) is 20.2 Å². The van der Waals surface area contributed by atoms with E-state index in [0.29, 0.717) is 32.9 Å². The molecular weight excluding hydrogens is 296 g/mol. The molecule has 1 saturated heterocycles. The smallest absolute Gasteiger partial charge is 0.229 e.